The molecule has 1 amide bonds. The summed E-state index contributed by atoms with van der Waals surface area (Å²) in [6, 6.07) is 1.77. The van der Waals surface area contributed by atoms with Crippen LogP contribution in [0.2, 0.25) is 0 Å². The van der Waals surface area contributed by atoms with Gasteiger partial charge in [0, 0.05) is 26.3 Å². The van der Waals surface area contributed by atoms with Crippen molar-refractivity contribution in [2.75, 3.05) is 39.5 Å². The first-order valence-corrected chi connectivity index (χ1v) is 7.41. The number of amides is 1. The number of nitrogens with two attached hydrogens (primary N) is 1. The monoisotopic (exact) mass is 278 g/mol. The van der Waals surface area contributed by atoms with Crippen LogP contribution < -0.4 is 5.73 Å². The number of aryl methyl sites for hydroxylation is 1. The number of carbonyl (C=O) groups excluding carboxylic acids is 1. The topological polar surface area (TPSA) is 54.5 Å². The largest absolute Gasteiger partial charge is 0.397 e. The van der Waals surface area contributed by atoms with Gasteiger partial charge in [-0.2, -0.15) is 0 Å². The molecule has 1 aromatic heterocycles. The summed E-state index contributed by atoms with van der Waals surface area (Å²) in [6.07, 6.45) is 4.17. The number of likely N-dealkylation sites (tertiary alicyclic amines) is 1. The van der Waals surface area contributed by atoms with Crippen LogP contribution in [-0.2, 0) is 6.54 Å². The molecule has 0 bridgehead atoms. The number of hydrogen-bond acceptors (Lipinski definition) is 3. The molecule has 0 saturated carbocycles. The summed E-state index contributed by atoms with van der Waals surface area (Å²) in [5.41, 5.74) is 7.15. The molecule has 2 heterocycles. The highest BCUT2D eigenvalue weighted by Gasteiger charge is 2.22. The molecule has 0 aliphatic carbocycles. The van der Waals surface area contributed by atoms with Crippen molar-refractivity contribution < 1.29 is 4.79 Å². The molecular weight excluding hydrogens is 252 g/mol. The molecule has 20 heavy (non-hydrogen) atoms. The van der Waals surface area contributed by atoms with Gasteiger partial charge >= 0.3 is 0 Å². The number of nitrogens with zero attached hydrogens (tertiary/aromatic N) is 3. The summed E-state index contributed by atoms with van der Waals surface area (Å²) >= 11 is 0. The zero-order valence-corrected chi connectivity index (χ0v) is 12.8. The highest BCUT2D eigenvalue weighted by molar-refractivity contribution is 5.93. The van der Waals surface area contributed by atoms with Crippen molar-refractivity contribution in [2.24, 2.45) is 5.92 Å². The Morgan fingerprint density at radius 3 is 2.70 bits per heavy atom. The summed E-state index contributed by atoms with van der Waals surface area (Å²) < 4.78 is 1.92. The first-order chi connectivity index (χ1) is 9.51. The lowest BCUT2D eigenvalue weighted by Gasteiger charge is -2.31. The van der Waals surface area contributed by atoms with E-state index in [4.69, 9.17) is 5.73 Å². The van der Waals surface area contributed by atoms with Gasteiger partial charge in [0.05, 0.1) is 5.69 Å². The lowest BCUT2D eigenvalue weighted by Crippen LogP contribution is -2.38. The van der Waals surface area contributed by atoms with E-state index in [9.17, 15) is 4.79 Å². The van der Waals surface area contributed by atoms with Crippen LogP contribution in [0, 0.1) is 5.92 Å². The molecule has 1 aromatic rings. The standard InChI is InChI=1S/C15H26N4O/c1-4-19-11-13(16)9-14(19)15(20)18(3)10-12-5-7-17(2)8-6-12/h9,11-12H,4-8,10,16H2,1-3H3. The van der Waals surface area contributed by atoms with Gasteiger partial charge in [0.2, 0.25) is 0 Å². The van der Waals surface area contributed by atoms with Crippen molar-refractivity contribution in [1.82, 2.24) is 14.4 Å². The molecule has 112 valence electrons. The highest BCUT2D eigenvalue weighted by atomic mass is 16.2. The van der Waals surface area contributed by atoms with E-state index in [0.717, 1.165) is 26.2 Å². The second-order valence-electron chi connectivity index (χ2n) is 5.88. The summed E-state index contributed by atoms with van der Waals surface area (Å²) in [5.74, 6) is 0.685. The van der Waals surface area contributed by atoms with Crippen molar-refractivity contribution >= 4 is 11.6 Å². The minimum atomic E-state index is 0.0717. The summed E-state index contributed by atoms with van der Waals surface area (Å²) in [6.45, 7) is 5.88. The van der Waals surface area contributed by atoms with E-state index >= 15 is 0 Å². The maximum atomic E-state index is 12.5. The maximum absolute atomic E-state index is 12.5. The molecule has 5 nitrogen and oxygen atoms in total. The zero-order valence-electron chi connectivity index (χ0n) is 12.8. The van der Waals surface area contributed by atoms with E-state index in [1.165, 1.54) is 12.8 Å². The van der Waals surface area contributed by atoms with Gasteiger partial charge in [-0.25, -0.2) is 0 Å². The van der Waals surface area contributed by atoms with Gasteiger partial charge in [0.1, 0.15) is 5.69 Å². The van der Waals surface area contributed by atoms with E-state index in [0.29, 0.717) is 17.3 Å². The van der Waals surface area contributed by atoms with E-state index in [-0.39, 0.29) is 5.91 Å². The number of carbonyl (C=O) groups is 1. The summed E-state index contributed by atoms with van der Waals surface area (Å²) in [4.78, 5) is 16.7. The second-order valence-corrected chi connectivity index (χ2v) is 5.88. The van der Waals surface area contributed by atoms with Crippen LogP contribution in [0.5, 0.6) is 0 Å². The van der Waals surface area contributed by atoms with Crippen molar-refractivity contribution in [2.45, 2.75) is 26.3 Å². The molecule has 5 heteroatoms. The number of nitrogen functional groups attached to an aromatic ring is 1. The number of piperidine rings is 1. The van der Waals surface area contributed by atoms with Crippen LogP contribution in [0.4, 0.5) is 5.69 Å². The SMILES string of the molecule is CCn1cc(N)cc1C(=O)N(C)CC1CCN(C)CC1. The fourth-order valence-electron chi connectivity index (χ4n) is 2.88. The second kappa shape index (κ2) is 6.31. The fourth-order valence-corrected chi connectivity index (χ4v) is 2.88. The summed E-state index contributed by atoms with van der Waals surface area (Å²) in [7, 11) is 4.05. The molecule has 2 rings (SSSR count). The Morgan fingerprint density at radius 1 is 1.45 bits per heavy atom. The Kier molecular flexibility index (Phi) is 4.70. The molecule has 1 saturated heterocycles. The maximum Gasteiger partial charge on any atom is 0.270 e. The van der Waals surface area contributed by atoms with Crippen LogP contribution in [-0.4, -0.2) is 54.0 Å². The third-order valence-corrected chi connectivity index (χ3v) is 4.19. The molecular formula is C15H26N4O. The van der Waals surface area contributed by atoms with Crippen LogP contribution in [0.1, 0.15) is 30.3 Å². The van der Waals surface area contributed by atoms with Gasteiger partial charge in [0.25, 0.3) is 5.91 Å². The van der Waals surface area contributed by atoms with Crippen molar-refractivity contribution in [1.29, 1.82) is 0 Å². The van der Waals surface area contributed by atoms with Gasteiger partial charge < -0.3 is 20.1 Å². The molecule has 1 aliphatic heterocycles. The van der Waals surface area contributed by atoms with Crippen molar-refractivity contribution in [3.05, 3.63) is 18.0 Å². The Balaban J connectivity index is 1.97. The van der Waals surface area contributed by atoms with E-state index in [1.54, 1.807) is 6.07 Å². The van der Waals surface area contributed by atoms with Gasteiger partial charge in [-0.3, -0.25) is 4.79 Å². The lowest BCUT2D eigenvalue weighted by atomic mass is 9.96. The third-order valence-electron chi connectivity index (χ3n) is 4.19. The zero-order chi connectivity index (χ0) is 14.7. The molecule has 0 spiro atoms. The molecule has 0 atom stereocenters. The highest BCUT2D eigenvalue weighted by Crippen LogP contribution is 2.19. The summed E-state index contributed by atoms with van der Waals surface area (Å²) in [5, 5.41) is 0. The predicted molar refractivity (Wildman–Crippen MR) is 81.7 cm³/mol. The van der Waals surface area contributed by atoms with Gasteiger partial charge in [0.15, 0.2) is 0 Å². The third kappa shape index (κ3) is 3.33. The molecule has 0 unspecified atom stereocenters. The van der Waals surface area contributed by atoms with E-state index in [2.05, 4.69) is 11.9 Å². The van der Waals surface area contributed by atoms with Gasteiger partial charge in [-0.1, -0.05) is 0 Å². The molecule has 0 aromatic carbocycles. The quantitative estimate of drug-likeness (QED) is 0.908. The molecule has 1 aliphatic rings. The molecule has 2 N–H and O–H groups in total. The molecule has 1 fully saturated rings. The normalized spacial score (nSPS) is 17.4. The minimum Gasteiger partial charge on any atom is -0.397 e. The Hall–Kier alpha value is -1.49. The Labute approximate surface area is 121 Å². The van der Waals surface area contributed by atoms with Gasteiger partial charge in [-0.05, 0) is 51.9 Å². The van der Waals surface area contributed by atoms with Crippen LogP contribution in [0.25, 0.3) is 0 Å². The fraction of sp³-hybridized carbons (Fsp3) is 0.667. The van der Waals surface area contributed by atoms with Gasteiger partial charge in [-0.15, -0.1) is 0 Å². The first-order valence-electron chi connectivity index (χ1n) is 7.41. The van der Waals surface area contributed by atoms with Crippen LogP contribution >= 0.6 is 0 Å². The average Bonchev–Trinajstić information content (AvgIpc) is 2.81. The van der Waals surface area contributed by atoms with Crippen LogP contribution in [0.15, 0.2) is 12.3 Å². The average molecular weight is 278 g/mol. The number of hydrogen-bond donors (Lipinski definition) is 1. The van der Waals surface area contributed by atoms with Crippen molar-refractivity contribution in [3.8, 4) is 0 Å². The predicted octanol–water partition coefficient (Wildman–Crippen LogP) is 1.50. The first kappa shape index (κ1) is 14.9. The smallest absolute Gasteiger partial charge is 0.270 e. The Bertz CT molecular complexity index is 460. The minimum absolute atomic E-state index is 0.0717. The molecule has 0 radical (unpaired) electrons. The van der Waals surface area contributed by atoms with E-state index in [1.807, 2.05) is 29.6 Å². The van der Waals surface area contributed by atoms with E-state index < -0.39 is 0 Å². The number of anilines is 1. The number of aromatic nitrogens is 1. The lowest BCUT2D eigenvalue weighted by molar-refractivity contribution is 0.0737. The van der Waals surface area contributed by atoms with Crippen molar-refractivity contribution in [3.63, 3.8) is 0 Å². The number of rotatable bonds is 4. The Morgan fingerprint density at radius 2 is 2.10 bits per heavy atom. The van der Waals surface area contributed by atoms with Crippen LogP contribution in [0.3, 0.4) is 0 Å².